The second-order valence-corrected chi connectivity index (χ2v) is 3.20. The Hall–Kier alpha value is -1.81. The molecule has 0 amide bonds. The predicted molar refractivity (Wildman–Crippen MR) is 55.0 cm³/mol. The Kier molecular flexibility index (Phi) is 2.99. The molecular formula is C11H11N3O. The first kappa shape index (κ1) is 9.73. The van der Waals surface area contributed by atoms with Crippen LogP contribution in [0.2, 0.25) is 0 Å². The topological polar surface area (TPSA) is 58.9 Å². The summed E-state index contributed by atoms with van der Waals surface area (Å²) in [7, 11) is 0. The van der Waals surface area contributed by atoms with Crippen molar-refractivity contribution >= 4 is 0 Å². The van der Waals surface area contributed by atoms with Crippen LogP contribution in [0.5, 0.6) is 0 Å². The summed E-state index contributed by atoms with van der Waals surface area (Å²) < 4.78 is 0. The third-order valence-electron chi connectivity index (χ3n) is 2.05. The minimum atomic E-state index is -0.0183. The van der Waals surface area contributed by atoms with Crippen molar-refractivity contribution < 1.29 is 5.11 Å². The van der Waals surface area contributed by atoms with E-state index in [1.165, 1.54) is 0 Å². The van der Waals surface area contributed by atoms with Gasteiger partial charge in [-0.25, -0.2) is 9.97 Å². The summed E-state index contributed by atoms with van der Waals surface area (Å²) in [4.78, 5) is 12.2. The van der Waals surface area contributed by atoms with Crippen molar-refractivity contribution in [2.75, 3.05) is 0 Å². The Morgan fingerprint density at radius 3 is 2.27 bits per heavy atom. The highest BCUT2D eigenvalue weighted by Crippen LogP contribution is 2.04. The molecule has 2 aromatic rings. The molecule has 2 heterocycles. The van der Waals surface area contributed by atoms with Gasteiger partial charge >= 0.3 is 0 Å². The van der Waals surface area contributed by atoms with E-state index in [0.717, 1.165) is 17.0 Å². The van der Waals surface area contributed by atoms with Crippen LogP contribution in [-0.2, 0) is 13.0 Å². The molecular weight excluding hydrogens is 190 g/mol. The van der Waals surface area contributed by atoms with E-state index in [9.17, 15) is 0 Å². The number of rotatable bonds is 3. The molecule has 0 aromatic carbocycles. The minimum Gasteiger partial charge on any atom is -0.392 e. The second-order valence-electron chi connectivity index (χ2n) is 3.20. The monoisotopic (exact) mass is 201 g/mol. The fraction of sp³-hybridized carbons (Fsp3) is 0.182. The van der Waals surface area contributed by atoms with E-state index < -0.39 is 0 Å². The highest BCUT2D eigenvalue weighted by atomic mass is 16.3. The lowest BCUT2D eigenvalue weighted by molar-refractivity contribution is 0.280. The van der Waals surface area contributed by atoms with Gasteiger partial charge in [-0.2, -0.15) is 0 Å². The average molecular weight is 201 g/mol. The molecule has 0 fully saturated rings. The molecule has 0 radical (unpaired) electrons. The number of hydrogen-bond acceptors (Lipinski definition) is 4. The van der Waals surface area contributed by atoms with Crippen molar-refractivity contribution in [2.24, 2.45) is 0 Å². The summed E-state index contributed by atoms with van der Waals surface area (Å²) in [5.74, 6) is 0.749. The number of aromatic nitrogens is 3. The highest BCUT2D eigenvalue weighted by molar-refractivity contribution is 5.16. The van der Waals surface area contributed by atoms with Crippen LogP contribution < -0.4 is 0 Å². The summed E-state index contributed by atoms with van der Waals surface area (Å²) in [5, 5.41) is 8.83. The number of nitrogens with zero attached hydrogens (tertiary/aromatic N) is 3. The summed E-state index contributed by atoms with van der Waals surface area (Å²) in [6.07, 6.45) is 7.47. The molecule has 1 N–H and O–H groups in total. The maximum atomic E-state index is 8.83. The van der Waals surface area contributed by atoms with E-state index in [2.05, 4.69) is 15.0 Å². The van der Waals surface area contributed by atoms with Crippen molar-refractivity contribution in [1.82, 2.24) is 15.0 Å². The van der Waals surface area contributed by atoms with Gasteiger partial charge in [-0.3, -0.25) is 4.98 Å². The third-order valence-corrected chi connectivity index (χ3v) is 2.05. The normalized spacial score (nSPS) is 10.2. The van der Waals surface area contributed by atoms with E-state index in [-0.39, 0.29) is 6.61 Å². The van der Waals surface area contributed by atoms with Crippen molar-refractivity contribution in [3.8, 4) is 0 Å². The van der Waals surface area contributed by atoms with Crippen LogP contribution in [0.3, 0.4) is 0 Å². The predicted octanol–water partition coefficient (Wildman–Crippen LogP) is 0.955. The molecule has 0 spiro atoms. The molecule has 4 heteroatoms. The summed E-state index contributed by atoms with van der Waals surface area (Å²) in [6, 6.07) is 3.87. The van der Waals surface area contributed by atoms with Crippen LogP contribution in [0.15, 0.2) is 36.9 Å². The molecule has 2 aromatic heterocycles. The first-order valence-electron chi connectivity index (χ1n) is 4.68. The molecule has 0 saturated carbocycles. The van der Waals surface area contributed by atoms with Gasteiger partial charge in [-0.15, -0.1) is 0 Å². The first-order valence-corrected chi connectivity index (χ1v) is 4.68. The summed E-state index contributed by atoms with van der Waals surface area (Å²) in [5.41, 5.74) is 1.86. The zero-order valence-corrected chi connectivity index (χ0v) is 8.17. The Morgan fingerprint density at radius 1 is 1.00 bits per heavy atom. The van der Waals surface area contributed by atoms with Gasteiger partial charge in [-0.1, -0.05) is 0 Å². The van der Waals surface area contributed by atoms with Crippen LogP contribution in [0.25, 0.3) is 0 Å². The largest absolute Gasteiger partial charge is 0.392 e. The molecule has 15 heavy (non-hydrogen) atoms. The van der Waals surface area contributed by atoms with Gasteiger partial charge in [0.15, 0.2) is 0 Å². The van der Waals surface area contributed by atoms with Crippen LogP contribution in [-0.4, -0.2) is 20.1 Å². The number of aliphatic hydroxyl groups is 1. The SMILES string of the molecule is OCc1cnc(Cc2ccncc2)nc1. The van der Waals surface area contributed by atoms with Crippen LogP contribution in [0.4, 0.5) is 0 Å². The zero-order valence-electron chi connectivity index (χ0n) is 8.17. The first-order chi connectivity index (χ1) is 7.38. The summed E-state index contributed by atoms with van der Waals surface area (Å²) >= 11 is 0. The van der Waals surface area contributed by atoms with E-state index >= 15 is 0 Å². The third kappa shape index (κ3) is 2.57. The molecule has 2 rings (SSSR count). The molecule has 76 valence electrons. The van der Waals surface area contributed by atoms with Gasteiger partial charge in [0.1, 0.15) is 5.82 Å². The van der Waals surface area contributed by atoms with Crippen molar-refractivity contribution in [3.05, 3.63) is 53.9 Å². The molecule has 0 unspecified atom stereocenters. The number of hydrogen-bond donors (Lipinski definition) is 1. The fourth-order valence-corrected chi connectivity index (χ4v) is 1.24. The lowest BCUT2D eigenvalue weighted by Gasteiger charge is -2.00. The molecule has 0 aliphatic heterocycles. The number of pyridine rings is 1. The lowest BCUT2D eigenvalue weighted by Crippen LogP contribution is -1.97. The smallest absolute Gasteiger partial charge is 0.132 e. The van der Waals surface area contributed by atoms with Crippen LogP contribution in [0.1, 0.15) is 17.0 Å². The maximum absolute atomic E-state index is 8.83. The Bertz CT molecular complexity index is 414. The molecule has 0 bridgehead atoms. The van der Waals surface area contributed by atoms with Gasteiger partial charge < -0.3 is 5.11 Å². The molecule has 0 saturated heterocycles. The Labute approximate surface area is 87.7 Å². The second kappa shape index (κ2) is 4.61. The van der Waals surface area contributed by atoms with Crippen molar-refractivity contribution in [3.63, 3.8) is 0 Å². The Balaban J connectivity index is 2.11. The molecule has 0 aliphatic rings. The highest BCUT2D eigenvalue weighted by Gasteiger charge is 1.98. The zero-order chi connectivity index (χ0) is 10.5. The molecule has 0 aliphatic carbocycles. The Morgan fingerprint density at radius 2 is 1.67 bits per heavy atom. The van der Waals surface area contributed by atoms with Gasteiger partial charge in [-0.05, 0) is 17.7 Å². The van der Waals surface area contributed by atoms with Crippen LogP contribution in [0, 0.1) is 0 Å². The van der Waals surface area contributed by atoms with Gasteiger partial charge in [0.2, 0.25) is 0 Å². The van der Waals surface area contributed by atoms with Gasteiger partial charge in [0.05, 0.1) is 6.61 Å². The standard InChI is InChI=1S/C11H11N3O/c15-8-10-6-13-11(14-7-10)5-9-1-3-12-4-2-9/h1-4,6-7,15H,5,8H2. The maximum Gasteiger partial charge on any atom is 0.132 e. The van der Waals surface area contributed by atoms with Crippen molar-refractivity contribution in [1.29, 1.82) is 0 Å². The molecule has 0 atom stereocenters. The van der Waals surface area contributed by atoms with Gasteiger partial charge in [0, 0.05) is 36.8 Å². The minimum absolute atomic E-state index is 0.0183. The van der Waals surface area contributed by atoms with Crippen molar-refractivity contribution in [2.45, 2.75) is 13.0 Å². The summed E-state index contributed by atoms with van der Waals surface area (Å²) in [6.45, 7) is -0.0183. The number of aliphatic hydroxyl groups excluding tert-OH is 1. The van der Waals surface area contributed by atoms with E-state index in [1.54, 1.807) is 24.8 Å². The molecule has 4 nitrogen and oxygen atoms in total. The van der Waals surface area contributed by atoms with E-state index in [1.807, 2.05) is 12.1 Å². The van der Waals surface area contributed by atoms with E-state index in [4.69, 9.17) is 5.11 Å². The fourth-order valence-electron chi connectivity index (χ4n) is 1.24. The quantitative estimate of drug-likeness (QED) is 0.803. The van der Waals surface area contributed by atoms with Gasteiger partial charge in [0.25, 0.3) is 0 Å². The van der Waals surface area contributed by atoms with E-state index in [0.29, 0.717) is 6.42 Å². The average Bonchev–Trinajstić information content (AvgIpc) is 2.31. The lowest BCUT2D eigenvalue weighted by atomic mass is 10.2. The van der Waals surface area contributed by atoms with Crippen LogP contribution >= 0.6 is 0 Å².